The van der Waals surface area contributed by atoms with Crippen molar-refractivity contribution >= 4 is 11.9 Å². The predicted molar refractivity (Wildman–Crippen MR) is 93.4 cm³/mol. The number of esters is 2. The Hall–Kier alpha value is -2.42. The van der Waals surface area contributed by atoms with Gasteiger partial charge in [0.1, 0.15) is 0 Å². The maximum absolute atomic E-state index is 12.4. The van der Waals surface area contributed by atoms with E-state index >= 15 is 0 Å². The minimum atomic E-state index is -0.380. The van der Waals surface area contributed by atoms with Gasteiger partial charge in [-0.25, -0.2) is 0 Å². The van der Waals surface area contributed by atoms with Crippen LogP contribution < -0.4 is 0 Å². The van der Waals surface area contributed by atoms with Gasteiger partial charge in [-0.05, 0) is 71.9 Å². The van der Waals surface area contributed by atoms with Crippen molar-refractivity contribution in [3.63, 3.8) is 0 Å². The van der Waals surface area contributed by atoms with E-state index in [0.29, 0.717) is 0 Å². The summed E-state index contributed by atoms with van der Waals surface area (Å²) >= 11 is 0. The topological polar surface area (TPSA) is 43.4 Å². The van der Waals surface area contributed by atoms with E-state index in [0.717, 1.165) is 44.1 Å². The third-order valence-electron chi connectivity index (χ3n) is 6.11. The average molecular weight is 332 g/mol. The van der Waals surface area contributed by atoms with Gasteiger partial charge in [0.15, 0.2) is 0 Å². The predicted octanol–water partition coefficient (Wildman–Crippen LogP) is 3.30. The zero-order valence-electron chi connectivity index (χ0n) is 14.1. The van der Waals surface area contributed by atoms with Crippen molar-refractivity contribution in [1.29, 1.82) is 0 Å². The molecule has 1 aliphatic heterocycles. The molecule has 2 aromatic rings. The van der Waals surface area contributed by atoms with Crippen LogP contribution in [-0.4, -0.2) is 11.9 Å². The van der Waals surface area contributed by atoms with E-state index in [1.54, 1.807) is 0 Å². The Morgan fingerprint density at radius 2 is 1.36 bits per heavy atom. The van der Waals surface area contributed by atoms with E-state index < -0.39 is 0 Å². The number of benzene rings is 2. The Balaban J connectivity index is 1.66. The highest BCUT2D eigenvalue weighted by molar-refractivity contribution is 6.00. The van der Waals surface area contributed by atoms with E-state index in [9.17, 15) is 9.59 Å². The average Bonchev–Trinajstić information content (AvgIpc) is 2.91. The zero-order chi connectivity index (χ0) is 17.0. The van der Waals surface area contributed by atoms with Gasteiger partial charge in [0.2, 0.25) is 0 Å². The first-order chi connectivity index (χ1) is 12.2. The third kappa shape index (κ3) is 2.33. The summed E-state index contributed by atoms with van der Waals surface area (Å²) in [5, 5.41) is 0. The summed E-state index contributed by atoms with van der Waals surface area (Å²) in [4.78, 5) is 24.5. The molecule has 126 valence electrons. The smallest absolute Gasteiger partial charge is 0.321 e. The van der Waals surface area contributed by atoms with Gasteiger partial charge in [-0.2, -0.15) is 0 Å². The summed E-state index contributed by atoms with van der Waals surface area (Å²) in [6, 6.07) is 13.3. The molecule has 0 radical (unpaired) electrons. The van der Waals surface area contributed by atoms with Crippen LogP contribution in [-0.2, 0) is 46.4 Å². The lowest BCUT2D eigenvalue weighted by molar-refractivity contribution is -0.153. The monoisotopic (exact) mass is 332 g/mol. The zero-order valence-corrected chi connectivity index (χ0v) is 14.1. The maximum Gasteiger partial charge on any atom is 0.321 e. The Morgan fingerprint density at radius 3 is 2.08 bits per heavy atom. The molecular formula is C22H20O3. The number of hydrogen-bond acceptors (Lipinski definition) is 3. The molecule has 0 unspecified atom stereocenters. The molecular weight excluding hydrogens is 312 g/mol. The normalized spacial score (nSPS) is 24.3. The van der Waals surface area contributed by atoms with Crippen LogP contribution in [0, 0.1) is 5.92 Å². The first kappa shape index (κ1) is 14.9. The summed E-state index contributed by atoms with van der Waals surface area (Å²) in [6.45, 7) is 0. The minimum Gasteiger partial charge on any atom is -0.392 e. The molecule has 1 heterocycles. The van der Waals surface area contributed by atoms with E-state index in [1.807, 2.05) is 0 Å². The van der Waals surface area contributed by atoms with Crippen molar-refractivity contribution in [3.8, 4) is 0 Å². The second-order valence-corrected chi connectivity index (χ2v) is 7.46. The second-order valence-electron chi connectivity index (χ2n) is 7.46. The summed E-state index contributed by atoms with van der Waals surface area (Å²) in [6.07, 6.45) is 5.43. The largest absolute Gasteiger partial charge is 0.392 e. The highest BCUT2D eigenvalue weighted by atomic mass is 16.6. The number of cyclic esters (lactones) is 2. The lowest BCUT2D eigenvalue weighted by Gasteiger charge is -2.29. The molecule has 2 aromatic carbocycles. The molecule has 0 N–H and O–H groups in total. The minimum absolute atomic E-state index is 0.278. The standard InChI is InChI=1S/C22H20O3/c23-21-18-12-11-17-15-7-5-13-1-3-14(4-2-13)6-8-16(10-9-15)19(17)20(18)22(24)25-21/h1-4,9-10,18,20H,5-8,11-12H2/t18-,20-/m0/s1. The van der Waals surface area contributed by atoms with Crippen LogP contribution >= 0.6 is 0 Å². The number of aryl methyl sites for hydroxylation is 4. The second kappa shape index (κ2) is 5.55. The van der Waals surface area contributed by atoms with Gasteiger partial charge in [-0.3, -0.25) is 9.59 Å². The van der Waals surface area contributed by atoms with Crippen LogP contribution in [0.5, 0.6) is 0 Å². The third-order valence-corrected chi connectivity index (χ3v) is 6.11. The molecule has 1 saturated heterocycles. The first-order valence-corrected chi connectivity index (χ1v) is 9.17. The highest BCUT2D eigenvalue weighted by Gasteiger charge is 2.48. The highest BCUT2D eigenvalue weighted by Crippen LogP contribution is 2.45. The summed E-state index contributed by atoms with van der Waals surface area (Å²) < 4.78 is 5.00. The van der Waals surface area contributed by atoms with E-state index in [2.05, 4.69) is 36.4 Å². The molecule has 3 heteroatoms. The fraction of sp³-hybridized carbons (Fsp3) is 0.364. The van der Waals surface area contributed by atoms with Gasteiger partial charge < -0.3 is 4.74 Å². The fourth-order valence-electron chi connectivity index (χ4n) is 4.77. The van der Waals surface area contributed by atoms with Crippen molar-refractivity contribution in [2.75, 3.05) is 0 Å². The molecule has 8 rings (SSSR count). The maximum atomic E-state index is 12.4. The molecule has 0 aromatic heterocycles. The van der Waals surface area contributed by atoms with Crippen molar-refractivity contribution < 1.29 is 14.3 Å². The van der Waals surface area contributed by atoms with Gasteiger partial charge in [0.25, 0.3) is 0 Å². The number of carbonyl (C=O) groups is 2. The van der Waals surface area contributed by atoms with Crippen molar-refractivity contribution in [1.82, 2.24) is 0 Å². The van der Waals surface area contributed by atoms with E-state index in [-0.39, 0.29) is 23.8 Å². The number of rotatable bonds is 0. The van der Waals surface area contributed by atoms with Gasteiger partial charge in [0.05, 0.1) is 11.8 Å². The van der Waals surface area contributed by atoms with E-state index in [4.69, 9.17) is 4.74 Å². The van der Waals surface area contributed by atoms with Crippen LogP contribution in [0.25, 0.3) is 0 Å². The molecule has 0 spiro atoms. The molecule has 0 amide bonds. The van der Waals surface area contributed by atoms with Crippen LogP contribution in [0.3, 0.4) is 0 Å². The Morgan fingerprint density at radius 1 is 0.720 bits per heavy atom. The number of carbonyl (C=O) groups excluding carboxylic acids is 2. The molecule has 6 aliphatic rings. The lowest BCUT2D eigenvalue weighted by atomic mass is 9.72. The fourth-order valence-corrected chi connectivity index (χ4v) is 4.77. The first-order valence-electron chi connectivity index (χ1n) is 9.17. The summed E-state index contributed by atoms with van der Waals surface area (Å²) in [7, 11) is 0. The molecule has 25 heavy (non-hydrogen) atoms. The quantitative estimate of drug-likeness (QED) is 0.549. The van der Waals surface area contributed by atoms with Gasteiger partial charge in [-0.1, -0.05) is 36.4 Å². The van der Waals surface area contributed by atoms with Crippen LogP contribution in [0.4, 0.5) is 0 Å². The van der Waals surface area contributed by atoms with Crippen LogP contribution in [0.2, 0.25) is 0 Å². The molecule has 5 aliphatic carbocycles. The van der Waals surface area contributed by atoms with Crippen LogP contribution in [0.1, 0.15) is 45.7 Å². The summed E-state index contributed by atoms with van der Waals surface area (Å²) in [5.74, 6) is -1.33. The van der Waals surface area contributed by atoms with Gasteiger partial charge in [0, 0.05) is 0 Å². The summed E-state index contributed by atoms with van der Waals surface area (Å²) in [5.41, 5.74) is 7.63. The number of hydrogen-bond donors (Lipinski definition) is 0. The SMILES string of the molecule is O=C1OC(=O)[C@@H]2c3c4ccc(c3CC[C@H]12)CCc1ccc(cc1)CC4. The van der Waals surface area contributed by atoms with Gasteiger partial charge in [-0.15, -0.1) is 0 Å². The molecule has 0 saturated carbocycles. The Labute approximate surface area is 147 Å². The Kier molecular flexibility index (Phi) is 3.30. The molecule has 2 atom stereocenters. The van der Waals surface area contributed by atoms with Crippen molar-refractivity contribution in [2.24, 2.45) is 5.92 Å². The van der Waals surface area contributed by atoms with Crippen molar-refractivity contribution in [3.05, 3.63) is 69.8 Å². The van der Waals surface area contributed by atoms with E-state index in [1.165, 1.54) is 27.8 Å². The number of fused-ring (bicyclic) bond motifs is 1. The molecule has 3 nitrogen and oxygen atoms in total. The molecule has 1 fully saturated rings. The molecule has 4 bridgehead atoms. The van der Waals surface area contributed by atoms with Gasteiger partial charge >= 0.3 is 11.9 Å². The lowest BCUT2D eigenvalue weighted by Crippen LogP contribution is -2.26. The Bertz CT molecular complexity index is 879. The number of ether oxygens (including phenoxy) is 1. The van der Waals surface area contributed by atoms with Crippen molar-refractivity contribution in [2.45, 2.75) is 44.4 Å². The van der Waals surface area contributed by atoms with Crippen LogP contribution in [0.15, 0.2) is 36.4 Å².